The van der Waals surface area contributed by atoms with E-state index in [0.29, 0.717) is 22.6 Å². The van der Waals surface area contributed by atoms with Gasteiger partial charge in [0, 0.05) is 5.56 Å². The molecule has 0 saturated carbocycles. The Bertz CT molecular complexity index is 902. The monoisotopic (exact) mass is 338 g/mol. The number of nitrogens with zero attached hydrogens (tertiary/aromatic N) is 1. The number of hydrogen-bond acceptors (Lipinski definition) is 5. The lowest BCUT2D eigenvalue weighted by Gasteiger charge is -2.10. The molecule has 0 aliphatic rings. The van der Waals surface area contributed by atoms with Crippen LogP contribution in [0.15, 0.2) is 53.2 Å². The van der Waals surface area contributed by atoms with Crippen LogP contribution in [0.1, 0.15) is 15.9 Å². The largest absolute Gasteiger partial charge is 0.493 e. The summed E-state index contributed by atoms with van der Waals surface area (Å²) in [4.78, 5) is 12.5. The van der Waals surface area contributed by atoms with Crippen LogP contribution in [0.5, 0.6) is 11.5 Å². The fourth-order valence-corrected chi connectivity index (χ4v) is 2.54. The van der Waals surface area contributed by atoms with Crippen molar-refractivity contribution in [2.24, 2.45) is 0 Å². The minimum atomic E-state index is -0.253. The summed E-state index contributed by atoms with van der Waals surface area (Å²) in [6.45, 7) is 1.88. The Morgan fingerprint density at radius 2 is 1.84 bits per heavy atom. The Kier molecular flexibility index (Phi) is 4.70. The van der Waals surface area contributed by atoms with Gasteiger partial charge in [-0.15, -0.1) is 0 Å². The third kappa shape index (κ3) is 3.33. The molecular formula is C19H18N2O4. The summed E-state index contributed by atoms with van der Waals surface area (Å²) >= 11 is 0. The number of ether oxygens (including phenoxy) is 2. The van der Waals surface area contributed by atoms with E-state index in [1.54, 1.807) is 38.6 Å². The first kappa shape index (κ1) is 16.6. The van der Waals surface area contributed by atoms with Crippen LogP contribution in [0, 0.1) is 6.92 Å². The molecule has 3 rings (SSSR count). The maximum atomic E-state index is 12.5. The normalized spacial score (nSPS) is 10.4. The Balaban J connectivity index is 1.91. The van der Waals surface area contributed by atoms with Crippen molar-refractivity contribution < 1.29 is 18.8 Å². The van der Waals surface area contributed by atoms with Crippen molar-refractivity contribution in [2.45, 2.75) is 6.92 Å². The molecule has 1 aromatic heterocycles. The van der Waals surface area contributed by atoms with Gasteiger partial charge in [-0.2, -0.15) is 0 Å². The minimum Gasteiger partial charge on any atom is -0.493 e. The highest BCUT2D eigenvalue weighted by Crippen LogP contribution is 2.35. The lowest BCUT2D eigenvalue weighted by atomic mass is 10.1. The molecule has 0 fully saturated rings. The Hall–Kier alpha value is -3.28. The predicted molar refractivity (Wildman–Crippen MR) is 94.2 cm³/mol. The smallest absolute Gasteiger partial charge is 0.258 e. The van der Waals surface area contributed by atoms with E-state index < -0.39 is 0 Å². The van der Waals surface area contributed by atoms with Gasteiger partial charge in [-0.3, -0.25) is 10.1 Å². The second kappa shape index (κ2) is 7.09. The topological polar surface area (TPSA) is 73.6 Å². The quantitative estimate of drug-likeness (QED) is 0.763. The van der Waals surface area contributed by atoms with E-state index >= 15 is 0 Å². The summed E-state index contributed by atoms with van der Waals surface area (Å²) in [7, 11) is 3.14. The zero-order valence-electron chi connectivity index (χ0n) is 14.2. The second-order valence-corrected chi connectivity index (χ2v) is 5.41. The van der Waals surface area contributed by atoms with Gasteiger partial charge in [0.15, 0.2) is 11.5 Å². The van der Waals surface area contributed by atoms with E-state index in [1.165, 1.54) is 0 Å². The summed E-state index contributed by atoms with van der Waals surface area (Å²) in [5, 5.41) is 6.58. The first-order valence-corrected chi connectivity index (χ1v) is 7.68. The summed E-state index contributed by atoms with van der Waals surface area (Å²) in [6.07, 6.45) is 1.55. The van der Waals surface area contributed by atoms with Gasteiger partial charge in [-0.1, -0.05) is 29.4 Å². The van der Waals surface area contributed by atoms with Crippen LogP contribution in [0.4, 0.5) is 5.88 Å². The van der Waals surface area contributed by atoms with E-state index in [4.69, 9.17) is 14.0 Å². The highest BCUT2D eigenvalue weighted by Gasteiger charge is 2.17. The second-order valence-electron chi connectivity index (χ2n) is 5.41. The van der Waals surface area contributed by atoms with Crippen LogP contribution in [-0.2, 0) is 0 Å². The van der Waals surface area contributed by atoms with Gasteiger partial charge in [0.2, 0.25) is 5.88 Å². The molecule has 2 aromatic carbocycles. The molecule has 25 heavy (non-hydrogen) atoms. The molecule has 128 valence electrons. The molecule has 0 aliphatic carbocycles. The van der Waals surface area contributed by atoms with Gasteiger partial charge in [0.1, 0.15) is 0 Å². The molecule has 0 saturated heterocycles. The van der Waals surface area contributed by atoms with E-state index in [1.807, 2.05) is 31.2 Å². The molecule has 0 spiro atoms. The van der Waals surface area contributed by atoms with Crippen molar-refractivity contribution in [2.75, 3.05) is 19.5 Å². The van der Waals surface area contributed by atoms with Crippen LogP contribution in [0.25, 0.3) is 11.1 Å². The van der Waals surface area contributed by atoms with E-state index in [0.717, 1.165) is 11.1 Å². The lowest BCUT2D eigenvalue weighted by Crippen LogP contribution is -2.13. The zero-order valence-corrected chi connectivity index (χ0v) is 14.2. The maximum Gasteiger partial charge on any atom is 0.258 e. The minimum absolute atomic E-state index is 0.253. The van der Waals surface area contributed by atoms with Crippen LogP contribution in [-0.4, -0.2) is 25.3 Å². The fraction of sp³-hybridized carbons (Fsp3) is 0.158. The van der Waals surface area contributed by atoms with Crippen molar-refractivity contribution in [1.29, 1.82) is 0 Å². The number of anilines is 1. The summed E-state index contributed by atoms with van der Waals surface area (Å²) < 4.78 is 15.8. The van der Waals surface area contributed by atoms with Crippen molar-refractivity contribution >= 4 is 11.8 Å². The molecule has 0 unspecified atom stereocenters. The molecule has 0 bridgehead atoms. The maximum absolute atomic E-state index is 12.5. The Morgan fingerprint density at radius 3 is 2.56 bits per heavy atom. The first-order valence-electron chi connectivity index (χ1n) is 7.68. The summed E-state index contributed by atoms with van der Waals surface area (Å²) in [5.41, 5.74) is 2.91. The van der Waals surface area contributed by atoms with E-state index in [2.05, 4.69) is 10.5 Å². The number of hydrogen-bond donors (Lipinski definition) is 1. The van der Waals surface area contributed by atoms with Crippen LogP contribution >= 0.6 is 0 Å². The predicted octanol–water partition coefficient (Wildman–Crippen LogP) is 3.92. The van der Waals surface area contributed by atoms with Gasteiger partial charge in [0.05, 0.1) is 26.0 Å². The number of benzene rings is 2. The average molecular weight is 338 g/mol. The molecule has 3 aromatic rings. The van der Waals surface area contributed by atoms with Crippen molar-refractivity contribution in [3.8, 4) is 22.6 Å². The SMILES string of the molecule is COc1ccc(-c2cnoc2NC(=O)c2ccccc2C)cc1OC. The molecule has 0 aliphatic heterocycles. The average Bonchev–Trinajstić information content (AvgIpc) is 3.09. The number of aromatic nitrogens is 1. The Labute approximate surface area is 145 Å². The van der Waals surface area contributed by atoms with Crippen LogP contribution < -0.4 is 14.8 Å². The summed E-state index contributed by atoms with van der Waals surface area (Å²) in [6, 6.07) is 12.8. The molecule has 6 heteroatoms. The number of methoxy groups -OCH3 is 2. The number of aryl methyl sites for hydroxylation is 1. The standard InChI is InChI=1S/C19H18N2O4/c1-12-6-4-5-7-14(12)18(22)21-19-15(11-20-25-19)13-8-9-16(23-2)17(10-13)24-3/h4-11H,1-3H3,(H,21,22). The van der Waals surface area contributed by atoms with Gasteiger partial charge >= 0.3 is 0 Å². The molecular weight excluding hydrogens is 320 g/mol. The van der Waals surface area contributed by atoms with Crippen LogP contribution in [0.3, 0.4) is 0 Å². The van der Waals surface area contributed by atoms with Crippen molar-refractivity contribution in [3.05, 3.63) is 59.8 Å². The molecule has 6 nitrogen and oxygen atoms in total. The number of carbonyl (C=O) groups excluding carboxylic acids is 1. The number of rotatable bonds is 5. The van der Waals surface area contributed by atoms with Gasteiger partial charge in [0.25, 0.3) is 5.91 Å². The highest BCUT2D eigenvalue weighted by atomic mass is 16.5. The van der Waals surface area contributed by atoms with E-state index in [9.17, 15) is 4.79 Å². The fourth-order valence-electron chi connectivity index (χ4n) is 2.54. The third-order valence-electron chi connectivity index (χ3n) is 3.88. The van der Waals surface area contributed by atoms with Gasteiger partial charge in [-0.25, -0.2) is 0 Å². The molecule has 1 heterocycles. The zero-order chi connectivity index (χ0) is 17.8. The number of nitrogens with one attached hydrogen (secondary N) is 1. The van der Waals surface area contributed by atoms with Gasteiger partial charge < -0.3 is 14.0 Å². The molecule has 0 atom stereocenters. The summed E-state index contributed by atoms with van der Waals surface area (Å²) in [5.74, 6) is 1.22. The number of carbonyl (C=O) groups is 1. The first-order chi connectivity index (χ1) is 12.1. The van der Waals surface area contributed by atoms with Crippen molar-refractivity contribution in [1.82, 2.24) is 5.16 Å². The van der Waals surface area contributed by atoms with Crippen molar-refractivity contribution in [3.63, 3.8) is 0 Å². The van der Waals surface area contributed by atoms with Gasteiger partial charge in [-0.05, 0) is 36.2 Å². The third-order valence-corrected chi connectivity index (χ3v) is 3.88. The number of amides is 1. The molecule has 1 N–H and O–H groups in total. The molecule has 0 radical (unpaired) electrons. The van der Waals surface area contributed by atoms with E-state index in [-0.39, 0.29) is 11.8 Å². The highest BCUT2D eigenvalue weighted by molar-refractivity contribution is 6.06. The lowest BCUT2D eigenvalue weighted by molar-refractivity contribution is 0.102. The Morgan fingerprint density at radius 1 is 1.08 bits per heavy atom. The molecule has 1 amide bonds. The van der Waals surface area contributed by atoms with Crippen LogP contribution in [0.2, 0.25) is 0 Å².